The number of ether oxygens (including phenoxy) is 3. The molecule has 0 unspecified atom stereocenters. The summed E-state index contributed by atoms with van der Waals surface area (Å²) in [7, 11) is 4.56. The third-order valence-corrected chi connectivity index (χ3v) is 4.50. The maximum atomic E-state index is 12.4. The van der Waals surface area contributed by atoms with Crippen molar-refractivity contribution in [2.24, 2.45) is 11.0 Å². The molecule has 0 spiro atoms. The number of benzene rings is 1. The molecule has 1 aliphatic rings. The SMILES string of the molecule is CCC1CCC(=NNC(=O)c2cc(OC)c(OC)c(OC)c2)CC1. The van der Waals surface area contributed by atoms with Gasteiger partial charge in [0.15, 0.2) is 11.5 Å². The molecule has 1 fully saturated rings. The summed E-state index contributed by atoms with van der Waals surface area (Å²) in [6, 6.07) is 3.23. The van der Waals surface area contributed by atoms with Crippen molar-refractivity contribution in [3.8, 4) is 17.2 Å². The zero-order valence-corrected chi connectivity index (χ0v) is 14.8. The molecule has 1 N–H and O–H groups in total. The molecule has 0 aromatic heterocycles. The molecule has 6 nitrogen and oxygen atoms in total. The summed E-state index contributed by atoms with van der Waals surface area (Å²) in [6.07, 6.45) is 5.41. The molecule has 0 bridgehead atoms. The van der Waals surface area contributed by atoms with E-state index in [1.54, 1.807) is 12.1 Å². The lowest BCUT2D eigenvalue weighted by atomic mass is 9.86. The monoisotopic (exact) mass is 334 g/mol. The van der Waals surface area contributed by atoms with Crippen LogP contribution in [0.4, 0.5) is 0 Å². The lowest BCUT2D eigenvalue weighted by molar-refractivity contribution is 0.0953. The van der Waals surface area contributed by atoms with E-state index >= 15 is 0 Å². The van der Waals surface area contributed by atoms with Gasteiger partial charge in [-0.1, -0.05) is 13.3 Å². The van der Waals surface area contributed by atoms with Gasteiger partial charge < -0.3 is 14.2 Å². The first-order valence-corrected chi connectivity index (χ1v) is 8.28. The number of hydrogen-bond donors (Lipinski definition) is 1. The summed E-state index contributed by atoms with van der Waals surface area (Å²) in [4.78, 5) is 12.4. The average Bonchev–Trinajstić information content (AvgIpc) is 2.65. The van der Waals surface area contributed by atoms with Crippen LogP contribution in [-0.2, 0) is 0 Å². The smallest absolute Gasteiger partial charge is 0.271 e. The minimum absolute atomic E-state index is 0.292. The van der Waals surface area contributed by atoms with Crippen LogP contribution in [-0.4, -0.2) is 32.9 Å². The Morgan fingerprint density at radius 1 is 1.12 bits per heavy atom. The molecule has 0 aliphatic heterocycles. The second-order valence-electron chi connectivity index (χ2n) is 5.88. The van der Waals surface area contributed by atoms with E-state index in [9.17, 15) is 4.79 Å². The van der Waals surface area contributed by atoms with Crippen LogP contribution < -0.4 is 19.6 Å². The zero-order chi connectivity index (χ0) is 17.5. The number of hydrogen-bond acceptors (Lipinski definition) is 5. The summed E-state index contributed by atoms with van der Waals surface area (Å²) < 4.78 is 15.8. The van der Waals surface area contributed by atoms with Crippen molar-refractivity contribution in [1.29, 1.82) is 0 Å². The molecule has 0 heterocycles. The van der Waals surface area contributed by atoms with Crippen LogP contribution in [0.2, 0.25) is 0 Å². The average molecular weight is 334 g/mol. The molecule has 0 saturated heterocycles. The molecule has 0 atom stereocenters. The fraction of sp³-hybridized carbons (Fsp3) is 0.556. The van der Waals surface area contributed by atoms with E-state index in [2.05, 4.69) is 17.5 Å². The summed E-state index contributed by atoms with van der Waals surface area (Å²) in [6.45, 7) is 2.22. The van der Waals surface area contributed by atoms with Crippen molar-refractivity contribution >= 4 is 11.6 Å². The summed E-state index contributed by atoms with van der Waals surface area (Å²) in [5.74, 6) is 1.84. The van der Waals surface area contributed by atoms with Crippen LogP contribution >= 0.6 is 0 Å². The van der Waals surface area contributed by atoms with E-state index in [-0.39, 0.29) is 5.91 Å². The van der Waals surface area contributed by atoms with Crippen molar-refractivity contribution < 1.29 is 19.0 Å². The number of hydrazone groups is 1. The van der Waals surface area contributed by atoms with Gasteiger partial charge in [-0.3, -0.25) is 4.79 Å². The fourth-order valence-corrected chi connectivity index (χ4v) is 2.94. The van der Waals surface area contributed by atoms with E-state index in [1.807, 2.05) is 0 Å². The Morgan fingerprint density at radius 3 is 2.17 bits per heavy atom. The molecular weight excluding hydrogens is 308 g/mol. The Morgan fingerprint density at radius 2 is 1.71 bits per heavy atom. The Labute approximate surface area is 143 Å². The van der Waals surface area contributed by atoms with Gasteiger partial charge in [0, 0.05) is 11.3 Å². The van der Waals surface area contributed by atoms with Crippen molar-refractivity contribution in [3.63, 3.8) is 0 Å². The third-order valence-electron chi connectivity index (χ3n) is 4.50. The first kappa shape index (κ1) is 18.1. The van der Waals surface area contributed by atoms with Gasteiger partial charge in [-0.2, -0.15) is 5.10 Å². The number of carbonyl (C=O) groups excluding carboxylic acids is 1. The molecule has 1 amide bonds. The van der Waals surface area contributed by atoms with Gasteiger partial charge in [0.2, 0.25) is 5.75 Å². The lowest BCUT2D eigenvalue weighted by Crippen LogP contribution is -2.22. The number of rotatable bonds is 6. The van der Waals surface area contributed by atoms with Crippen molar-refractivity contribution in [1.82, 2.24) is 5.43 Å². The molecule has 2 rings (SSSR count). The Bertz CT molecular complexity index is 578. The highest BCUT2D eigenvalue weighted by molar-refractivity contribution is 5.96. The summed E-state index contributed by atoms with van der Waals surface area (Å²) in [5.41, 5.74) is 4.11. The fourth-order valence-electron chi connectivity index (χ4n) is 2.94. The highest BCUT2D eigenvalue weighted by Gasteiger charge is 2.18. The summed E-state index contributed by atoms with van der Waals surface area (Å²) >= 11 is 0. The maximum absolute atomic E-state index is 12.4. The Balaban J connectivity index is 2.10. The van der Waals surface area contributed by atoms with E-state index in [0.29, 0.717) is 22.8 Å². The van der Waals surface area contributed by atoms with Crippen LogP contribution in [0.1, 0.15) is 49.4 Å². The van der Waals surface area contributed by atoms with Crippen LogP contribution in [0.5, 0.6) is 17.2 Å². The molecule has 1 aromatic rings. The largest absolute Gasteiger partial charge is 0.493 e. The van der Waals surface area contributed by atoms with Crippen molar-refractivity contribution in [2.45, 2.75) is 39.0 Å². The minimum Gasteiger partial charge on any atom is -0.493 e. The van der Waals surface area contributed by atoms with E-state index in [0.717, 1.165) is 37.3 Å². The molecule has 1 aromatic carbocycles. The first-order chi connectivity index (χ1) is 11.6. The van der Waals surface area contributed by atoms with Gasteiger partial charge in [0.1, 0.15) is 0 Å². The van der Waals surface area contributed by atoms with E-state index < -0.39 is 0 Å². The number of carbonyl (C=O) groups is 1. The van der Waals surface area contributed by atoms with Gasteiger partial charge in [0.05, 0.1) is 21.3 Å². The lowest BCUT2D eigenvalue weighted by Gasteiger charge is -2.21. The van der Waals surface area contributed by atoms with Crippen LogP contribution in [0.15, 0.2) is 17.2 Å². The molecule has 0 radical (unpaired) electrons. The van der Waals surface area contributed by atoms with Crippen molar-refractivity contribution in [3.05, 3.63) is 17.7 Å². The van der Waals surface area contributed by atoms with Gasteiger partial charge in [-0.15, -0.1) is 0 Å². The van der Waals surface area contributed by atoms with Crippen LogP contribution in [0, 0.1) is 5.92 Å². The normalized spacial score (nSPS) is 17.2. The number of methoxy groups -OCH3 is 3. The molecule has 6 heteroatoms. The molecule has 24 heavy (non-hydrogen) atoms. The predicted octanol–water partition coefficient (Wildman–Crippen LogP) is 3.40. The van der Waals surface area contributed by atoms with E-state index in [1.165, 1.54) is 27.8 Å². The minimum atomic E-state index is -0.292. The molecule has 1 saturated carbocycles. The number of amides is 1. The standard InChI is InChI=1S/C18H26N2O4/c1-5-12-6-8-14(9-7-12)19-20-18(21)13-10-15(22-2)17(24-4)16(11-13)23-3/h10-12H,5-9H2,1-4H3,(H,20,21). The molecular formula is C18H26N2O4. The molecule has 1 aliphatic carbocycles. The van der Waals surface area contributed by atoms with E-state index in [4.69, 9.17) is 14.2 Å². The zero-order valence-electron chi connectivity index (χ0n) is 14.8. The molecule has 132 valence electrons. The summed E-state index contributed by atoms with van der Waals surface area (Å²) in [5, 5.41) is 4.29. The third kappa shape index (κ3) is 4.19. The Hall–Kier alpha value is -2.24. The topological polar surface area (TPSA) is 69.2 Å². The van der Waals surface area contributed by atoms with Crippen LogP contribution in [0.25, 0.3) is 0 Å². The van der Waals surface area contributed by atoms with Gasteiger partial charge in [-0.05, 0) is 43.7 Å². The second-order valence-corrected chi connectivity index (χ2v) is 5.88. The number of nitrogens with one attached hydrogen (secondary N) is 1. The second kappa shape index (κ2) is 8.57. The van der Waals surface area contributed by atoms with Crippen molar-refractivity contribution in [2.75, 3.05) is 21.3 Å². The number of nitrogens with zero attached hydrogens (tertiary/aromatic N) is 1. The quantitative estimate of drug-likeness (QED) is 0.810. The maximum Gasteiger partial charge on any atom is 0.271 e. The van der Waals surface area contributed by atoms with Gasteiger partial charge in [0.25, 0.3) is 5.91 Å². The van der Waals surface area contributed by atoms with Gasteiger partial charge >= 0.3 is 0 Å². The van der Waals surface area contributed by atoms with Crippen LogP contribution in [0.3, 0.4) is 0 Å². The Kier molecular flexibility index (Phi) is 6.46. The van der Waals surface area contributed by atoms with Gasteiger partial charge in [-0.25, -0.2) is 5.43 Å². The highest BCUT2D eigenvalue weighted by atomic mass is 16.5. The first-order valence-electron chi connectivity index (χ1n) is 8.28. The highest BCUT2D eigenvalue weighted by Crippen LogP contribution is 2.38. The predicted molar refractivity (Wildman–Crippen MR) is 93.2 cm³/mol.